The Hall–Kier alpha value is -1.35. The smallest absolute Gasteiger partial charge is 0.0541 e. The Morgan fingerprint density at radius 1 is 1.18 bits per heavy atom. The second kappa shape index (κ2) is 6.40. The zero-order valence-corrected chi connectivity index (χ0v) is 11.2. The second-order valence-corrected chi connectivity index (χ2v) is 4.84. The summed E-state index contributed by atoms with van der Waals surface area (Å²) in [5, 5.41) is 3.62. The number of hydrogen-bond acceptors (Lipinski definition) is 3. The molecule has 0 unspecified atom stereocenters. The molecule has 3 heteroatoms. The first kappa shape index (κ1) is 13.7. The number of benzene rings is 1. The SMILES string of the molecule is CC(C)N(Cc1ccccc1C=NN)C(C)C. The molecule has 0 saturated carbocycles. The third-order valence-electron chi connectivity index (χ3n) is 2.95. The third-order valence-corrected chi connectivity index (χ3v) is 2.95. The van der Waals surface area contributed by atoms with Crippen LogP contribution in [0.4, 0.5) is 0 Å². The summed E-state index contributed by atoms with van der Waals surface area (Å²) in [6, 6.07) is 9.30. The molecule has 0 bridgehead atoms. The minimum atomic E-state index is 0.526. The van der Waals surface area contributed by atoms with Gasteiger partial charge in [0.25, 0.3) is 0 Å². The standard InChI is InChI=1S/C14H23N3/c1-11(2)17(12(3)4)10-14-8-6-5-7-13(14)9-16-15/h5-9,11-12H,10,15H2,1-4H3. The Kier molecular flexibility index (Phi) is 5.16. The van der Waals surface area contributed by atoms with Gasteiger partial charge >= 0.3 is 0 Å². The maximum absolute atomic E-state index is 5.24. The van der Waals surface area contributed by atoms with Crippen molar-refractivity contribution in [3.8, 4) is 0 Å². The average molecular weight is 233 g/mol. The van der Waals surface area contributed by atoms with Crippen LogP contribution in [-0.4, -0.2) is 23.2 Å². The normalized spacial score (nSPS) is 12.2. The molecule has 1 aromatic rings. The predicted molar refractivity (Wildman–Crippen MR) is 74.0 cm³/mol. The first-order valence-corrected chi connectivity index (χ1v) is 6.13. The third kappa shape index (κ3) is 3.86. The van der Waals surface area contributed by atoms with Crippen LogP contribution in [0.3, 0.4) is 0 Å². The van der Waals surface area contributed by atoms with E-state index in [9.17, 15) is 0 Å². The molecule has 0 saturated heterocycles. The van der Waals surface area contributed by atoms with Crippen LogP contribution in [0.25, 0.3) is 0 Å². The molecule has 0 aromatic heterocycles. The highest BCUT2D eigenvalue weighted by atomic mass is 15.2. The lowest BCUT2D eigenvalue weighted by Gasteiger charge is -2.31. The van der Waals surface area contributed by atoms with Gasteiger partial charge in [-0.3, -0.25) is 4.90 Å². The lowest BCUT2D eigenvalue weighted by molar-refractivity contribution is 0.166. The Morgan fingerprint density at radius 2 is 1.76 bits per heavy atom. The molecule has 0 heterocycles. The van der Waals surface area contributed by atoms with Crippen molar-refractivity contribution in [2.24, 2.45) is 10.9 Å². The van der Waals surface area contributed by atoms with Crippen molar-refractivity contribution < 1.29 is 0 Å². The van der Waals surface area contributed by atoms with E-state index in [1.807, 2.05) is 12.1 Å². The molecule has 0 aliphatic heterocycles. The highest BCUT2D eigenvalue weighted by Gasteiger charge is 2.14. The Morgan fingerprint density at radius 3 is 2.29 bits per heavy atom. The summed E-state index contributed by atoms with van der Waals surface area (Å²) in [5.41, 5.74) is 2.37. The molecule has 0 spiro atoms. The van der Waals surface area contributed by atoms with Gasteiger partial charge in [-0.25, -0.2) is 0 Å². The first-order chi connectivity index (χ1) is 8.06. The number of hydrogen-bond donors (Lipinski definition) is 1. The van der Waals surface area contributed by atoms with Gasteiger partial charge in [0.1, 0.15) is 0 Å². The summed E-state index contributed by atoms with van der Waals surface area (Å²) in [5.74, 6) is 5.24. The molecule has 0 amide bonds. The maximum atomic E-state index is 5.24. The van der Waals surface area contributed by atoms with Gasteiger partial charge in [0.15, 0.2) is 0 Å². The topological polar surface area (TPSA) is 41.6 Å². The van der Waals surface area contributed by atoms with Crippen molar-refractivity contribution in [3.05, 3.63) is 35.4 Å². The van der Waals surface area contributed by atoms with Crippen LogP contribution in [0, 0.1) is 0 Å². The quantitative estimate of drug-likeness (QED) is 0.482. The van der Waals surface area contributed by atoms with E-state index in [0.717, 1.165) is 12.1 Å². The Bertz CT molecular complexity index is 361. The summed E-state index contributed by atoms with van der Waals surface area (Å²) in [6.07, 6.45) is 1.72. The molecule has 0 radical (unpaired) electrons. The number of nitrogens with two attached hydrogens (primary N) is 1. The minimum absolute atomic E-state index is 0.526. The molecule has 1 aromatic carbocycles. The van der Waals surface area contributed by atoms with E-state index in [4.69, 9.17) is 5.84 Å². The largest absolute Gasteiger partial charge is 0.323 e. The van der Waals surface area contributed by atoms with Crippen molar-refractivity contribution in [3.63, 3.8) is 0 Å². The van der Waals surface area contributed by atoms with E-state index in [-0.39, 0.29) is 0 Å². The van der Waals surface area contributed by atoms with E-state index < -0.39 is 0 Å². The average Bonchev–Trinajstić information content (AvgIpc) is 2.27. The lowest BCUT2D eigenvalue weighted by Crippen LogP contribution is -2.36. The van der Waals surface area contributed by atoms with Gasteiger partial charge in [-0.05, 0) is 38.8 Å². The van der Waals surface area contributed by atoms with Crippen molar-refractivity contribution in [2.45, 2.75) is 46.3 Å². The minimum Gasteiger partial charge on any atom is -0.323 e. The fourth-order valence-electron chi connectivity index (χ4n) is 2.04. The summed E-state index contributed by atoms with van der Waals surface area (Å²) in [6.45, 7) is 9.82. The van der Waals surface area contributed by atoms with Gasteiger partial charge in [0, 0.05) is 18.6 Å². The molecule has 2 N–H and O–H groups in total. The summed E-state index contributed by atoms with van der Waals surface area (Å²) in [4.78, 5) is 2.45. The number of nitrogens with zero attached hydrogens (tertiary/aromatic N) is 2. The second-order valence-electron chi connectivity index (χ2n) is 4.84. The van der Waals surface area contributed by atoms with Gasteiger partial charge < -0.3 is 5.84 Å². The fourth-order valence-corrected chi connectivity index (χ4v) is 2.04. The van der Waals surface area contributed by atoms with E-state index in [1.165, 1.54) is 5.56 Å². The van der Waals surface area contributed by atoms with Gasteiger partial charge in [-0.15, -0.1) is 0 Å². The van der Waals surface area contributed by atoms with E-state index in [0.29, 0.717) is 12.1 Å². The van der Waals surface area contributed by atoms with E-state index in [2.05, 4.69) is 49.8 Å². The van der Waals surface area contributed by atoms with Crippen LogP contribution >= 0.6 is 0 Å². The molecule has 94 valence electrons. The van der Waals surface area contributed by atoms with Crippen molar-refractivity contribution in [1.29, 1.82) is 0 Å². The zero-order valence-electron chi connectivity index (χ0n) is 11.2. The lowest BCUT2D eigenvalue weighted by atomic mass is 10.1. The molecule has 0 aliphatic carbocycles. The Labute approximate surface area is 104 Å². The van der Waals surface area contributed by atoms with Crippen LogP contribution in [-0.2, 0) is 6.54 Å². The van der Waals surface area contributed by atoms with E-state index in [1.54, 1.807) is 6.21 Å². The van der Waals surface area contributed by atoms with Crippen LogP contribution in [0.15, 0.2) is 29.4 Å². The first-order valence-electron chi connectivity index (χ1n) is 6.13. The number of rotatable bonds is 5. The van der Waals surface area contributed by atoms with Gasteiger partial charge in [0.05, 0.1) is 6.21 Å². The molecular formula is C14H23N3. The van der Waals surface area contributed by atoms with Crippen LogP contribution in [0.2, 0.25) is 0 Å². The van der Waals surface area contributed by atoms with Gasteiger partial charge in [-0.2, -0.15) is 5.10 Å². The molecule has 0 fully saturated rings. The molecule has 1 rings (SSSR count). The molecule has 17 heavy (non-hydrogen) atoms. The van der Waals surface area contributed by atoms with Crippen LogP contribution in [0.5, 0.6) is 0 Å². The predicted octanol–water partition coefficient (Wildman–Crippen LogP) is 2.60. The van der Waals surface area contributed by atoms with Crippen molar-refractivity contribution in [1.82, 2.24) is 4.90 Å². The highest BCUT2D eigenvalue weighted by molar-refractivity contribution is 5.81. The van der Waals surface area contributed by atoms with E-state index >= 15 is 0 Å². The van der Waals surface area contributed by atoms with Crippen LogP contribution < -0.4 is 5.84 Å². The highest BCUT2D eigenvalue weighted by Crippen LogP contribution is 2.14. The molecular weight excluding hydrogens is 210 g/mol. The van der Waals surface area contributed by atoms with Crippen molar-refractivity contribution >= 4 is 6.21 Å². The Balaban J connectivity index is 2.92. The number of hydrazone groups is 1. The molecule has 3 nitrogen and oxygen atoms in total. The van der Waals surface area contributed by atoms with Gasteiger partial charge in [-0.1, -0.05) is 24.3 Å². The summed E-state index contributed by atoms with van der Waals surface area (Å²) in [7, 11) is 0. The monoisotopic (exact) mass is 233 g/mol. The summed E-state index contributed by atoms with van der Waals surface area (Å²) < 4.78 is 0. The molecule has 0 atom stereocenters. The van der Waals surface area contributed by atoms with Gasteiger partial charge in [0.2, 0.25) is 0 Å². The zero-order chi connectivity index (χ0) is 12.8. The maximum Gasteiger partial charge on any atom is 0.0541 e. The fraction of sp³-hybridized carbons (Fsp3) is 0.500. The van der Waals surface area contributed by atoms with Crippen molar-refractivity contribution in [2.75, 3.05) is 0 Å². The van der Waals surface area contributed by atoms with Crippen LogP contribution in [0.1, 0.15) is 38.8 Å². The molecule has 0 aliphatic rings. The summed E-state index contributed by atoms with van der Waals surface area (Å²) >= 11 is 0.